The maximum Gasteiger partial charge on any atom is 0.0710 e. The molecule has 2 heterocycles. The van der Waals surface area contributed by atoms with Crippen molar-refractivity contribution in [3.8, 4) is 0 Å². The van der Waals surface area contributed by atoms with Crippen LogP contribution in [0.2, 0.25) is 0 Å². The Balaban J connectivity index is 0.00000112. The van der Waals surface area contributed by atoms with Gasteiger partial charge in [-0.05, 0) is 38.3 Å². The van der Waals surface area contributed by atoms with E-state index in [1.165, 1.54) is 45.4 Å². The van der Waals surface area contributed by atoms with Crippen molar-refractivity contribution in [3.63, 3.8) is 0 Å². The number of ether oxygens (including phenoxy) is 1. The fourth-order valence-corrected chi connectivity index (χ4v) is 2.58. The Morgan fingerprint density at radius 2 is 2.00 bits per heavy atom. The summed E-state index contributed by atoms with van der Waals surface area (Å²) in [5.74, 6) is 0.923. The molecule has 3 nitrogen and oxygen atoms in total. The fourth-order valence-electron chi connectivity index (χ4n) is 2.58. The Bertz CT molecular complexity index is 174. The minimum atomic E-state index is 0. The summed E-state index contributed by atoms with van der Waals surface area (Å²) in [4.78, 5) is 2.57. The summed E-state index contributed by atoms with van der Waals surface area (Å²) in [7, 11) is 1.83. The van der Waals surface area contributed by atoms with Gasteiger partial charge < -0.3 is 15.0 Å². The second-order valence-corrected chi connectivity index (χ2v) is 4.60. The molecule has 2 saturated heterocycles. The third kappa shape index (κ3) is 3.91. The van der Waals surface area contributed by atoms with Crippen molar-refractivity contribution in [1.29, 1.82) is 0 Å². The van der Waals surface area contributed by atoms with Gasteiger partial charge in [-0.15, -0.1) is 12.4 Å². The number of halogens is 1. The highest BCUT2D eigenvalue weighted by atomic mass is 35.5. The monoisotopic (exact) mass is 234 g/mol. The van der Waals surface area contributed by atoms with Crippen LogP contribution >= 0.6 is 12.4 Å². The smallest absolute Gasteiger partial charge is 0.0710 e. The first-order valence-electron chi connectivity index (χ1n) is 5.84. The Hall–Kier alpha value is 0.170. The van der Waals surface area contributed by atoms with E-state index in [1.54, 1.807) is 0 Å². The van der Waals surface area contributed by atoms with E-state index in [4.69, 9.17) is 4.74 Å². The largest absolute Gasteiger partial charge is 0.380 e. The van der Waals surface area contributed by atoms with Crippen molar-refractivity contribution < 1.29 is 4.74 Å². The van der Waals surface area contributed by atoms with E-state index in [0.717, 1.165) is 12.5 Å². The lowest BCUT2D eigenvalue weighted by Crippen LogP contribution is -2.35. The Morgan fingerprint density at radius 3 is 2.60 bits per heavy atom. The van der Waals surface area contributed by atoms with Gasteiger partial charge >= 0.3 is 0 Å². The molecule has 0 aliphatic carbocycles. The number of rotatable bonds is 3. The van der Waals surface area contributed by atoms with Gasteiger partial charge in [-0.1, -0.05) is 0 Å². The molecule has 0 saturated carbocycles. The molecule has 0 spiro atoms. The SMILES string of the molecule is CO[C@H]1CCN(CC2CCNCC2)C1.Cl. The van der Waals surface area contributed by atoms with Gasteiger partial charge in [-0.3, -0.25) is 0 Å². The minimum Gasteiger partial charge on any atom is -0.380 e. The molecular formula is C11H23ClN2O. The second-order valence-electron chi connectivity index (χ2n) is 4.60. The molecule has 1 atom stereocenters. The lowest BCUT2D eigenvalue weighted by atomic mass is 9.98. The van der Waals surface area contributed by atoms with Crippen LogP contribution < -0.4 is 5.32 Å². The lowest BCUT2D eigenvalue weighted by molar-refractivity contribution is 0.104. The minimum absolute atomic E-state index is 0. The van der Waals surface area contributed by atoms with Crippen molar-refractivity contribution in [3.05, 3.63) is 0 Å². The zero-order valence-electron chi connectivity index (χ0n) is 9.58. The van der Waals surface area contributed by atoms with Crippen LogP contribution in [0.15, 0.2) is 0 Å². The fraction of sp³-hybridized carbons (Fsp3) is 1.00. The first-order chi connectivity index (χ1) is 6.88. The number of likely N-dealkylation sites (tertiary alicyclic amines) is 1. The number of methoxy groups -OCH3 is 1. The van der Waals surface area contributed by atoms with Crippen molar-refractivity contribution in [2.24, 2.45) is 5.92 Å². The van der Waals surface area contributed by atoms with Crippen LogP contribution in [0.3, 0.4) is 0 Å². The summed E-state index contributed by atoms with van der Waals surface area (Å²) in [6.45, 7) is 6.11. The van der Waals surface area contributed by atoms with Gasteiger partial charge in [0.05, 0.1) is 6.10 Å². The summed E-state index contributed by atoms with van der Waals surface area (Å²) in [5.41, 5.74) is 0. The molecule has 2 aliphatic heterocycles. The molecule has 1 N–H and O–H groups in total. The van der Waals surface area contributed by atoms with Crippen LogP contribution in [0.5, 0.6) is 0 Å². The predicted molar refractivity (Wildman–Crippen MR) is 64.7 cm³/mol. The van der Waals surface area contributed by atoms with Crippen molar-refractivity contribution >= 4 is 12.4 Å². The van der Waals surface area contributed by atoms with Gasteiger partial charge in [0.15, 0.2) is 0 Å². The van der Waals surface area contributed by atoms with Gasteiger partial charge in [0.25, 0.3) is 0 Å². The van der Waals surface area contributed by atoms with Gasteiger partial charge in [-0.25, -0.2) is 0 Å². The molecule has 15 heavy (non-hydrogen) atoms. The van der Waals surface area contributed by atoms with Crippen LogP contribution in [-0.2, 0) is 4.74 Å². The molecular weight excluding hydrogens is 212 g/mol. The van der Waals surface area contributed by atoms with Crippen LogP contribution in [-0.4, -0.2) is 50.8 Å². The van der Waals surface area contributed by atoms with Crippen LogP contribution in [0.1, 0.15) is 19.3 Å². The zero-order valence-corrected chi connectivity index (χ0v) is 10.4. The Kier molecular flexibility index (Phi) is 5.90. The van der Waals surface area contributed by atoms with Crippen LogP contribution in [0.4, 0.5) is 0 Å². The molecule has 4 heteroatoms. The van der Waals surface area contributed by atoms with Crippen molar-refractivity contribution in [2.75, 3.05) is 39.8 Å². The van der Waals surface area contributed by atoms with E-state index in [0.29, 0.717) is 6.10 Å². The third-order valence-corrected chi connectivity index (χ3v) is 3.54. The topological polar surface area (TPSA) is 24.5 Å². The highest BCUT2D eigenvalue weighted by molar-refractivity contribution is 5.85. The first-order valence-corrected chi connectivity index (χ1v) is 5.84. The summed E-state index contributed by atoms with van der Waals surface area (Å²) in [5, 5.41) is 3.42. The van der Waals surface area contributed by atoms with E-state index in [9.17, 15) is 0 Å². The summed E-state index contributed by atoms with van der Waals surface area (Å²) in [6.07, 6.45) is 4.43. The third-order valence-electron chi connectivity index (χ3n) is 3.54. The lowest BCUT2D eigenvalue weighted by Gasteiger charge is -2.27. The average Bonchev–Trinajstić information content (AvgIpc) is 2.67. The van der Waals surface area contributed by atoms with E-state index in [2.05, 4.69) is 10.2 Å². The molecule has 0 radical (unpaired) electrons. The molecule has 0 aromatic rings. The predicted octanol–water partition coefficient (Wildman–Crippen LogP) is 1.13. The standard InChI is InChI=1S/C11H22N2O.ClH/c1-14-11-4-7-13(9-11)8-10-2-5-12-6-3-10;/h10-12H,2-9H2,1H3;1H/t11-;/m0./s1. The second kappa shape index (κ2) is 6.69. The normalized spacial score (nSPS) is 29.0. The highest BCUT2D eigenvalue weighted by Gasteiger charge is 2.24. The number of nitrogens with zero attached hydrogens (tertiary/aromatic N) is 1. The molecule has 2 aliphatic rings. The molecule has 90 valence electrons. The van der Waals surface area contributed by atoms with Gasteiger partial charge in [0.2, 0.25) is 0 Å². The van der Waals surface area contributed by atoms with E-state index >= 15 is 0 Å². The average molecular weight is 235 g/mol. The van der Waals surface area contributed by atoms with E-state index in [-0.39, 0.29) is 12.4 Å². The van der Waals surface area contributed by atoms with Crippen molar-refractivity contribution in [1.82, 2.24) is 10.2 Å². The van der Waals surface area contributed by atoms with E-state index in [1.807, 2.05) is 7.11 Å². The Labute approximate surface area is 99.0 Å². The summed E-state index contributed by atoms with van der Waals surface area (Å²) < 4.78 is 5.38. The molecule has 2 fully saturated rings. The molecule has 2 rings (SSSR count). The summed E-state index contributed by atoms with van der Waals surface area (Å²) in [6, 6.07) is 0. The maximum absolute atomic E-state index is 5.38. The van der Waals surface area contributed by atoms with E-state index < -0.39 is 0 Å². The molecule has 0 amide bonds. The van der Waals surface area contributed by atoms with Crippen LogP contribution in [0.25, 0.3) is 0 Å². The highest BCUT2D eigenvalue weighted by Crippen LogP contribution is 2.18. The quantitative estimate of drug-likeness (QED) is 0.793. The molecule has 0 aromatic carbocycles. The first kappa shape index (κ1) is 13.2. The van der Waals surface area contributed by atoms with Gasteiger partial charge in [0.1, 0.15) is 0 Å². The van der Waals surface area contributed by atoms with Crippen LogP contribution in [0, 0.1) is 5.92 Å². The number of piperidine rings is 1. The zero-order chi connectivity index (χ0) is 9.80. The molecule has 0 unspecified atom stereocenters. The summed E-state index contributed by atoms with van der Waals surface area (Å²) >= 11 is 0. The number of hydrogen-bond donors (Lipinski definition) is 1. The number of hydrogen-bond acceptors (Lipinski definition) is 3. The molecule has 0 aromatic heterocycles. The Morgan fingerprint density at radius 1 is 1.27 bits per heavy atom. The molecule has 0 bridgehead atoms. The van der Waals surface area contributed by atoms with Gasteiger partial charge in [-0.2, -0.15) is 0 Å². The van der Waals surface area contributed by atoms with Crippen molar-refractivity contribution in [2.45, 2.75) is 25.4 Å². The maximum atomic E-state index is 5.38. The van der Waals surface area contributed by atoms with Gasteiger partial charge in [0, 0.05) is 26.7 Å². The number of nitrogens with one attached hydrogen (secondary N) is 1.